The molecule has 0 aromatic carbocycles. The van der Waals surface area contributed by atoms with Crippen molar-refractivity contribution < 1.29 is 9.72 Å². The van der Waals surface area contributed by atoms with Crippen molar-refractivity contribution in [2.24, 2.45) is 5.73 Å². The molecule has 1 heterocycles. The Bertz CT molecular complexity index is 517. The summed E-state index contributed by atoms with van der Waals surface area (Å²) < 4.78 is 0. The zero-order valence-corrected chi connectivity index (χ0v) is 11.6. The van der Waals surface area contributed by atoms with Crippen molar-refractivity contribution in [3.05, 3.63) is 16.4 Å². The minimum Gasteiger partial charge on any atom is -0.368 e. The van der Waals surface area contributed by atoms with Crippen LogP contribution >= 0.6 is 0 Å². The Hall–Kier alpha value is -2.45. The van der Waals surface area contributed by atoms with Gasteiger partial charge in [0, 0.05) is 6.54 Å². The number of nitrogens with one attached hydrogen (secondary N) is 2. The summed E-state index contributed by atoms with van der Waals surface area (Å²) in [6, 6.07) is 0. The van der Waals surface area contributed by atoms with Crippen molar-refractivity contribution in [3.8, 4) is 0 Å². The van der Waals surface area contributed by atoms with Gasteiger partial charge >= 0.3 is 5.69 Å². The number of nitro groups is 1. The summed E-state index contributed by atoms with van der Waals surface area (Å²) in [5, 5.41) is 16.7. The Kier molecular flexibility index (Phi) is 4.78. The summed E-state index contributed by atoms with van der Waals surface area (Å²) in [6.45, 7) is 5.49. The molecule has 0 unspecified atom stereocenters. The molecule has 4 N–H and O–H groups in total. The van der Waals surface area contributed by atoms with Crippen LogP contribution in [0.1, 0.15) is 27.2 Å². The highest BCUT2D eigenvalue weighted by atomic mass is 16.6. The molecule has 110 valence electrons. The maximum absolute atomic E-state index is 11.3. The average Bonchev–Trinajstić information content (AvgIpc) is 2.35. The van der Waals surface area contributed by atoms with E-state index in [1.807, 2.05) is 6.92 Å². The van der Waals surface area contributed by atoms with Gasteiger partial charge in [-0.3, -0.25) is 14.9 Å². The lowest BCUT2D eigenvalue weighted by atomic mass is 10.1. The number of rotatable bonds is 7. The van der Waals surface area contributed by atoms with Gasteiger partial charge in [0.05, 0.1) is 4.92 Å². The lowest BCUT2D eigenvalue weighted by molar-refractivity contribution is -0.383. The van der Waals surface area contributed by atoms with Crippen molar-refractivity contribution >= 4 is 23.2 Å². The molecule has 0 radical (unpaired) electrons. The maximum atomic E-state index is 11.3. The Morgan fingerprint density at radius 2 is 2.05 bits per heavy atom. The summed E-state index contributed by atoms with van der Waals surface area (Å²) in [7, 11) is 0. The number of amides is 1. The van der Waals surface area contributed by atoms with E-state index in [0.29, 0.717) is 6.54 Å². The molecule has 0 aliphatic heterocycles. The molecule has 0 saturated heterocycles. The largest absolute Gasteiger partial charge is 0.368 e. The molecular weight excluding hydrogens is 264 g/mol. The van der Waals surface area contributed by atoms with Crippen LogP contribution in [0.25, 0.3) is 0 Å². The molecule has 1 amide bonds. The van der Waals surface area contributed by atoms with E-state index in [0.717, 1.165) is 6.42 Å². The molecule has 0 spiro atoms. The molecule has 0 atom stereocenters. The molecule has 1 aromatic rings. The van der Waals surface area contributed by atoms with E-state index in [1.54, 1.807) is 0 Å². The zero-order chi connectivity index (χ0) is 15.3. The number of carbonyl (C=O) groups is 1. The molecule has 0 aliphatic carbocycles. The van der Waals surface area contributed by atoms with Crippen LogP contribution in [0, 0.1) is 10.1 Å². The molecule has 0 saturated carbocycles. The van der Waals surface area contributed by atoms with E-state index in [1.165, 1.54) is 20.2 Å². The number of hydrogen-bond acceptors (Lipinski definition) is 7. The first-order valence-electron chi connectivity index (χ1n) is 6.11. The van der Waals surface area contributed by atoms with Gasteiger partial charge in [-0.1, -0.05) is 6.92 Å². The van der Waals surface area contributed by atoms with Gasteiger partial charge in [-0.2, -0.15) is 0 Å². The van der Waals surface area contributed by atoms with Gasteiger partial charge in [-0.25, -0.2) is 9.97 Å². The number of nitrogens with zero attached hydrogens (tertiary/aromatic N) is 3. The van der Waals surface area contributed by atoms with Crippen LogP contribution in [0.5, 0.6) is 0 Å². The predicted molar refractivity (Wildman–Crippen MR) is 74.4 cm³/mol. The molecule has 1 aromatic heterocycles. The van der Waals surface area contributed by atoms with E-state index in [4.69, 9.17) is 5.73 Å². The van der Waals surface area contributed by atoms with E-state index in [-0.39, 0.29) is 17.3 Å². The fraction of sp³-hybridized carbons (Fsp3) is 0.545. The summed E-state index contributed by atoms with van der Waals surface area (Å²) in [5.74, 6) is -0.587. The zero-order valence-electron chi connectivity index (χ0n) is 11.6. The predicted octanol–water partition coefficient (Wildman–Crippen LogP) is 0.883. The second-order valence-electron chi connectivity index (χ2n) is 4.72. The Morgan fingerprint density at radius 3 is 2.55 bits per heavy atom. The molecular formula is C11H18N6O3. The third-order valence-corrected chi connectivity index (χ3v) is 2.59. The summed E-state index contributed by atoms with van der Waals surface area (Å²) in [4.78, 5) is 29.6. The van der Waals surface area contributed by atoms with Crippen molar-refractivity contribution in [3.63, 3.8) is 0 Å². The van der Waals surface area contributed by atoms with Gasteiger partial charge in [0.1, 0.15) is 11.9 Å². The molecule has 20 heavy (non-hydrogen) atoms. The van der Waals surface area contributed by atoms with Crippen LogP contribution in [0.4, 0.5) is 17.3 Å². The van der Waals surface area contributed by atoms with Crippen LogP contribution < -0.4 is 16.4 Å². The van der Waals surface area contributed by atoms with Gasteiger partial charge < -0.3 is 16.4 Å². The number of carbonyl (C=O) groups excluding carboxylic acids is 1. The minimum atomic E-state index is -1.17. The van der Waals surface area contributed by atoms with Crippen LogP contribution in [0.2, 0.25) is 0 Å². The van der Waals surface area contributed by atoms with Gasteiger partial charge in [-0.05, 0) is 20.3 Å². The smallest absolute Gasteiger partial charge is 0.353 e. The second-order valence-corrected chi connectivity index (χ2v) is 4.72. The van der Waals surface area contributed by atoms with Gasteiger partial charge in [0.15, 0.2) is 0 Å². The Morgan fingerprint density at radius 1 is 1.45 bits per heavy atom. The van der Waals surface area contributed by atoms with Crippen molar-refractivity contribution in [2.45, 2.75) is 32.7 Å². The highest BCUT2D eigenvalue weighted by Gasteiger charge is 2.31. The Labute approximate surface area is 116 Å². The quantitative estimate of drug-likeness (QED) is 0.498. The molecule has 1 rings (SSSR count). The van der Waals surface area contributed by atoms with E-state index in [9.17, 15) is 14.9 Å². The normalized spacial score (nSPS) is 10.9. The minimum absolute atomic E-state index is 0.0487. The van der Waals surface area contributed by atoms with E-state index >= 15 is 0 Å². The van der Waals surface area contributed by atoms with Gasteiger partial charge in [0.2, 0.25) is 17.5 Å². The SMILES string of the molecule is CCCNc1ncnc(NC(C)(C)C(N)=O)c1[N+](=O)[O-]. The lowest BCUT2D eigenvalue weighted by Crippen LogP contribution is -2.45. The number of nitrogens with two attached hydrogens (primary N) is 1. The average molecular weight is 282 g/mol. The fourth-order valence-corrected chi connectivity index (χ4v) is 1.37. The third-order valence-electron chi connectivity index (χ3n) is 2.59. The molecule has 9 nitrogen and oxygen atoms in total. The Balaban J connectivity index is 3.19. The van der Waals surface area contributed by atoms with Crippen LogP contribution in [-0.4, -0.2) is 32.9 Å². The molecule has 9 heteroatoms. The third kappa shape index (κ3) is 3.53. The molecule has 0 fully saturated rings. The summed E-state index contributed by atoms with van der Waals surface area (Å²) in [6.07, 6.45) is 1.97. The first-order chi connectivity index (χ1) is 9.29. The van der Waals surface area contributed by atoms with Crippen molar-refractivity contribution in [1.82, 2.24) is 9.97 Å². The number of anilines is 2. The van der Waals surface area contributed by atoms with E-state index in [2.05, 4.69) is 20.6 Å². The highest BCUT2D eigenvalue weighted by Crippen LogP contribution is 2.30. The van der Waals surface area contributed by atoms with Crippen molar-refractivity contribution in [1.29, 1.82) is 0 Å². The number of aromatic nitrogens is 2. The second kappa shape index (κ2) is 6.13. The number of primary amides is 1. The monoisotopic (exact) mass is 282 g/mol. The van der Waals surface area contributed by atoms with Crippen LogP contribution in [-0.2, 0) is 4.79 Å². The standard InChI is InChI=1S/C11H18N6O3/c1-4-5-13-8-7(17(19)20)9(15-6-14-8)16-11(2,3)10(12)18/h6H,4-5H2,1-3H3,(H2,12,18)(H2,13,14,15,16). The maximum Gasteiger partial charge on any atom is 0.353 e. The molecule has 0 bridgehead atoms. The summed E-state index contributed by atoms with van der Waals surface area (Å²) in [5.41, 5.74) is 3.76. The molecule has 0 aliphatic rings. The first kappa shape index (κ1) is 15.6. The highest BCUT2D eigenvalue weighted by molar-refractivity contribution is 5.87. The topological polar surface area (TPSA) is 136 Å². The van der Waals surface area contributed by atoms with Crippen LogP contribution in [0.15, 0.2) is 6.33 Å². The van der Waals surface area contributed by atoms with Crippen LogP contribution in [0.3, 0.4) is 0 Å². The lowest BCUT2D eigenvalue weighted by Gasteiger charge is -2.22. The first-order valence-corrected chi connectivity index (χ1v) is 6.11. The number of hydrogen-bond donors (Lipinski definition) is 3. The van der Waals surface area contributed by atoms with E-state index < -0.39 is 16.4 Å². The van der Waals surface area contributed by atoms with Gasteiger partial charge in [-0.15, -0.1) is 0 Å². The fourth-order valence-electron chi connectivity index (χ4n) is 1.37. The van der Waals surface area contributed by atoms with Crippen molar-refractivity contribution in [2.75, 3.05) is 17.2 Å². The summed E-state index contributed by atoms with van der Waals surface area (Å²) >= 11 is 0. The van der Waals surface area contributed by atoms with Gasteiger partial charge in [0.25, 0.3) is 0 Å².